The van der Waals surface area contributed by atoms with Crippen molar-refractivity contribution in [2.75, 3.05) is 13.2 Å². The Balaban J connectivity index is 2.15. The van der Waals surface area contributed by atoms with Crippen LogP contribution in [0.1, 0.15) is 25.3 Å². The predicted molar refractivity (Wildman–Crippen MR) is 63.4 cm³/mol. The summed E-state index contributed by atoms with van der Waals surface area (Å²) >= 11 is 0. The summed E-state index contributed by atoms with van der Waals surface area (Å²) in [7, 11) is 0. The summed E-state index contributed by atoms with van der Waals surface area (Å²) in [5.41, 5.74) is -1.32. The molecule has 1 saturated carbocycles. The molecule has 7 heteroatoms. The average Bonchev–Trinajstić information content (AvgIpc) is 3.08. The smallest absolute Gasteiger partial charge is 0.394 e. The molecule has 0 saturated heterocycles. The Labute approximate surface area is 109 Å². The van der Waals surface area contributed by atoms with Crippen LogP contribution in [-0.2, 0) is 12.7 Å². The van der Waals surface area contributed by atoms with Crippen molar-refractivity contribution in [3.8, 4) is 0 Å². The van der Waals surface area contributed by atoms with E-state index in [4.69, 9.17) is 0 Å². The van der Waals surface area contributed by atoms with Crippen molar-refractivity contribution in [2.24, 2.45) is 5.92 Å². The van der Waals surface area contributed by atoms with Crippen LogP contribution in [0.4, 0.5) is 13.2 Å². The van der Waals surface area contributed by atoms with Gasteiger partial charge in [-0.25, -0.2) is 0 Å². The van der Waals surface area contributed by atoms with Gasteiger partial charge in [0.25, 0.3) is 0 Å². The van der Waals surface area contributed by atoms with Crippen molar-refractivity contribution >= 4 is 0 Å². The van der Waals surface area contributed by atoms with Gasteiger partial charge in [0.05, 0.1) is 30.5 Å². The molecule has 0 amide bonds. The van der Waals surface area contributed by atoms with Crippen molar-refractivity contribution in [1.29, 1.82) is 0 Å². The monoisotopic (exact) mass is 277 g/mol. The van der Waals surface area contributed by atoms with Gasteiger partial charge in [0.2, 0.25) is 0 Å². The van der Waals surface area contributed by atoms with Crippen LogP contribution in [0.2, 0.25) is 0 Å². The van der Waals surface area contributed by atoms with Crippen molar-refractivity contribution in [1.82, 2.24) is 15.1 Å². The molecule has 1 atom stereocenters. The minimum atomic E-state index is -4.38. The number of nitrogens with one attached hydrogen (secondary N) is 1. The highest BCUT2D eigenvalue weighted by Gasteiger charge is 2.45. The second-order valence-electron chi connectivity index (χ2n) is 5.04. The third kappa shape index (κ3) is 3.09. The SMILES string of the molecule is CCNC(CO)(Cn1cc(C(F)(F)F)cn1)C1CC1. The zero-order valence-corrected chi connectivity index (χ0v) is 10.7. The molecule has 0 bridgehead atoms. The molecular formula is C12H18F3N3O. The number of likely N-dealkylation sites (N-methyl/N-ethyl adjacent to an activating group) is 1. The molecule has 1 unspecified atom stereocenters. The first-order chi connectivity index (χ1) is 8.91. The van der Waals surface area contributed by atoms with Crippen LogP contribution in [-0.4, -0.2) is 33.6 Å². The number of alkyl halides is 3. The van der Waals surface area contributed by atoms with Crippen molar-refractivity contribution < 1.29 is 18.3 Å². The van der Waals surface area contributed by atoms with Gasteiger partial charge in [-0.1, -0.05) is 6.92 Å². The Morgan fingerprint density at radius 1 is 1.47 bits per heavy atom. The van der Waals surface area contributed by atoms with E-state index in [1.807, 2.05) is 6.92 Å². The minimum Gasteiger partial charge on any atom is -0.394 e. The predicted octanol–water partition coefficient (Wildman–Crippen LogP) is 1.65. The number of halogens is 3. The maximum absolute atomic E-state index is 12.5. The van der Waals surface area contributed by atoms with E-state index in [2.05, 4.69) is 10.4 Å². The van der Waals surface area contributed by atoms with E-state index in [9.17, 15) is 18.3 Å². The molecule has 1 aliphatic rings. The van der Waals surface area contributed by atoms with Gasteiger partial charge in [-0.2, -0.15) is 18.3 Å². The van der Waals surface area contributed by atoms with Gasteiger partial charge in [-0.3, -0.25) is 4.68 Å². The third-order valence-corrected chi connectivity index (χ3v) is 3.57. The molecule has 1 aliphatic carbocycles. The summed E-state index contributed by atoms with van der Waals surface area (Å²) < 4.78 is 38.8. The maximum atomic E-state index is 12.5. The summed E-state index contributed by atoms with van der Waals surface area (Å²) in [6, 6.07) is 0. The lowest BCUT2D eigenvalue weighted by Gasteiger charge is -2.33. The molecule has 0 aliphatic heterocycles. The molecule has 2 rings (SSSR count). The van der Waals surface area contributed by atoms with Crippen LogP contribution in [0.15, 0.2) is 12.4 Å². The van der Waals surface area contributed by atoms with Crippen LogP contribution < -0.4 is 5.32 Å². The number of hydrogen-bond acceptors (Lipinski definition) is 3. The van der Waals surface area contributed by atoms with E-state index in [1.165, 1.54) is 4.68 Å². The van der Waals surface area contributed by atoms with E-state index in [-0.39, 0.29) is 13.2 Å². The van der Waals surface area contributed by atoms with Crippen LogP contribution in [0.5, 0.6) is 0 Å². The molecule has 108 valence electrons. The lowest BCUT2D eigenvalue weighted by atomic mass is 9.94. The van der Waals surface area contributed by atoms with E-state index in [0.717, 1.165) is 25.2 Å². The van der Waals surface area contributed by atoms with E-state index in [0.29, 0.717) is 12.5 Å². The highest BCUT2D eigenvalue weighted by atomic mass is 19.4. The summed E-state index contributed by atoms with van der Waals surface area (Å²) in [6.07, 6.45) is -0.592. The number of rotatable bonds is 6. The number of aliphatic hydroxyl groups is 1. The zero-order valence-electron chi connectivity index (χ0n) is 10.7. The normalized spacial score (nSPS) is 19.4. The van der Waals surface area contributed by atoms with Crippen LogP contribution in [0.3, 0.4) is 0 Å². The first-order valence-corrected chi connectivity index (χ1v) is 6.37. The van der Waals surface area contributed by atoms with Gasteiger partial charge in [-0.15, -0.1) is 0 Å². The number of aliphatic hydroxyl groups excluding tert-OH is 1. The second-order valence-corrected chi connectivity index (χ2v) is 5.04. The lowest BCUT2D eigenvalue weighted by molar-refractivity contribution is -0.137. The molecule has 1 heterocycles. The van der Waals surface area contributed by atoms with E-state index >= 15 is 0 Å². The molecule has 2 N–H and O–H groups in total. The Kier molecular flexibility index (Phi) is 3.87. The summed E-state index contributed by atoms with van der Waals surface area (Å²) in [5, 5.41) is 16.6. The number of nitrogens with zero attached hydrogens (tertiary/aromatic N) is 2. The van der Waals surface area contributed by atoms with E-state index in [1.54, 1.807) is 0 Å². The first-order valence-electron chi connectivity index (χ1n) is 6.37. The van der Waals surface area contributed by atoms with Gasteiger partial charge < -0.3 is 10.4 Å². The Bertz CT molecular complexity index is 428. The molecule has 19 heavy (non-hydrogen) atoms. The second kappa shape index (κ2) is 5.13. The fourth-order valence-electron chi connectivity index (χ4n) is 2.44. The topological polar surface area (TPSA) is 50.1 Å². The molecule has 0 aromatic carbocycles. The zero-order chi connectivity index (χ0) is 14.1. The summed E-state index contributed by atoms with van der Waals surface area (Å²) in [4.78, 5) is 0. The maximum Gasteiger partial charge on any atom is 0.419 e. The molecule has 1 aromatic rings. The largest absolute Gasteiger partial charge is 0.419 e. The quantitative estimate of drug-likeness (QED) is 0.831. The first kappa shape index (κ1) is 14.3. The fourth-order valence-corrected chi connectivity index (χ4v) is 2.44. The molecular weight excluding hydrogens is 259 g/mol. The fraction of sp³-hybridized carbons (Fsp3) is 0.750. The van der Waals surface area contributed by atoms with Gasteiger partial charge in [-0.05, 0) is 25.3 Å². The lowest BCUT2D eigenvalue weighted by Crippen LogP contribution is -2.53. The summed E-state index contributed by atoms with van der Waals surface area (Å²) in [6.45, 7) is 2.71. The Morgan fingerprint density at radius 3 is 2.58 bits per heavy atom. The number of hydrogen-bond donors (Lipinski definition) is 2. The van der Waals surface area contributed by atoms with Gasteiger partial charge in [0, 0.05) is 6.20 Å². The van der Waals surface area contributed by atoms with Crippen LogP contribution in [0, 0.1) is 5.92 Å². The molecule has 0 spiro atoms. The molecule has 0 radical (unpaired) electrons. The Hall–Kier alpha value is -1.08. The number of aromatic nitrogens is 2. The Morgan fingerprint density at radius 2 is 2.16 bits per heavy atom. The highest BCUT2D eigenvalue weighted by Crippen LogP contribution is 2.40. The van der Waals surface area contributed by atoms with Crippen LogP contribution >= 0.6 is 0 Å². The molecule has 4 nitrogen and oxygen atoms in total. The van der Waals surface area contributed by atoms with Crippen LogP contribution in [0.25, 0.3) is 0 Å². The van der Waals surface area contributed by atoms with Crippen molar-refractivity contribution in [3.05, 3.63) is 18.0 Å². The van der Waals surface area contributed by atoms with Crippen molar-refractivity contribution in [2.45, 2.75) is 38.0 Å². The minimum absolute atomic E-state index is 0.104. The summed E-state index contributed by atoms with van der Waals surface area (Å²) in [5.74, 6) is 0.302. The van der Waals surface area contributed by atoms with Gasteiger partial charge >= 0.3 is 6.18 Å². The molecule has 1 fully saturated rings. The molecule has 1 aromatic heterocycles. The van der Waals surface area contributed by atoms with Gasteiger partial charge in [0.1, 0.15) is 0 Å². The highest BCUT2D eigenvalue weighted by molar-refractivity contribution is 5.09. The van der Waals surface area contributed by atoms with Crippen molar-refractivity contribution in [3.63, 3.8) is 0 Å². The van der Waals surface area contributed by atoms with E-state index < -0.39 is 17.3 Å². The van der Waals surface area contributed by atoms with Gasteiger partial charge in [0.15, 0.2) is 0 Å². The average molecular weight is 277 g/mol. The standard InChI is InChI=1S/C12H18F3N3O/c1-2-16-11(8-19,9-3-4-9)7-18-6-10(5-17-18)12(13,14)15/h5-6,9,16,19H,2-4,7-8H2,1H3. The third-order valence-electron chi connectivity index (χ3n) is 3.57.